The molecule has 4 aliphatic rings. The van der Waals surface area contributed by atoms with Crippen LogP contribution in [-0.4, -0.2) is 16.5 Å². The second-order valence-corrected chi connectivity index (χ2v) is 8.57. The maximum atomic E-state index is 11.7. The smallest absolute Gasteiger partial charge is 0.155 e. The highest BCUT2D eigenvalue weighted by Gasteiger charge is 2.60. The van der Waals surface area contributed by atoms with E-state index >= 15 is 0 Å². The van der Waals surface area contributed by atoms with E-state index in [9.17, 15) is 9.90 Å². The van der Waals surface area contributed by atoms with Gasteiger partial charge in [0.1, 0.15) is 0 Å². The Hall–Kier alpha value is -0.630. The first-order chi connectivity index (χ1) is 9.92. The van der Waals surface area contributed by atoms with Gasteiger partial charge in [0, 0.05) is 6.42 Å². The molecule has 4 rings (SSSR count). The zero-order valence-corrected chi connectivity index (χ0v) is 13.4. The van der Waals surface area contributed by atoms with Gasteiger partial charge in [-0.05, 0) is 87.0 Å². The molecule has 2 heteroatoms. The molecule has 0 spiro atoms. The third-order valence-electron chi connectivity index (χ3n) is 7.86. The van der Waals surface area contributed by atoms with Crippen molar-refractivity contribution in [3.05, 3.63) is 11.6 Å². The van der Waals surface area contributed by atoms with Gasteiger partial charge in [-0.1, -0.05) is 12.5 Å². The van der Waals surface area contributed by atoms with Crippen LogP contribution in [0.4, 0.5) is 0 Å². The SMILES string of the molecule is C[C@]1(O)CC[C@H]2[C@@H]3CCC4=CC(=O)CC[C@@H]4[C@H]3CC[C@@]21C. The summed E-state index contributed by atoms with van der Waals surface area (Å²) in [6.45, 7) is 4.41. The summed E-state index contributed by atoms with van der Waals surface area (Å²) in [6.07, 6.45) is 10.8. The fraction of sp³-hybridized carbons (Fsp3) is 0.842. The molecule has 0 bridgehead atoms. The Morgan fingerprint density at radius 2 is 1.86 bits per heavy atom. The number of carbonyl (C=O) groups excluding carboxylic acids is 1. The molecular formula is C19H28O2. The van der Waals surface area contributed by atoms with E-state index in [4.69, 9.17) is 0 Å². The normalized spacial score (nSPS) is 52.7. The summed E-state index contributed by atoms with van der Waals surface area (Å²) in [4.78, 5) is 11.7. The van der Waals surface area contributed by atoms with Crippen molar-refractivity contribution in [2.75, 3.05) is 0 Å². The van der Waals surface area contributed by atoms with Crippen molar-refractivity contribution in [2.45, 2.75) is 70.8 Å². The number of ketones is 1. The molecule has 0 unspecified atom stereocenters. The van der Waals surface area contributed by atoms with E-state index in [-0.39, 0.29) is 5.41 Å². The van der Waals surface area contributed by atoms with Crippen LogP contribution in [0.3, 0.4) is 0 Å². The summed E-state index contributed by atoms with van der Waals surface area (Å²) in [7, 11) is 0. The average molecular weight is 288 g/mol. The largest absolute Gasteiger partial charge is 0.390 e. The first-order valence-electron chi connectivity index (χ1n) is 8.88. The lowest BCUT2D eigenvalue weighted by Gasteiger charge is -2.55. The zero-order valence-electron chi connectivity index (χ0n) is 13.4. The number of rotatable bonds is 0. The molecule has 2 nitrogen and oxygen atoms in total. The highest BCUT2D eigenvalue weighted by atomic mass is 16.3. The molecule has 116 valence electrons. The second kappa shape index (κ2) is 4.44. The molecule has 0 heterocycles. The van der Waals surface area contributed by atoms with Gasteiger partial charge in [0.25, 0.3) is 0 Å². The Morgan fingerprint density at radius 3 is 2.67 bits per heavy atom. The van der Waals surface area contributed by atoms with E-state index in [1.165, 1.54) is 31.3 Å². The highest BCUT2D eigenvalue weighted by molar-refractivity contribution is 5.91. The summed E-state index contributed by atoms with van der Waals surface area (Å²) in [5.74, 6) is 3.30. The third-order valence-corrected chi connectivity index (χ3v) is 7.86. The molecule has 3 fully saturated rings. The first kappa shape index (κ1) is 14.0. The van der Waals surface area contributed by atoms with Crippen molar-refractivity contribution in [3.8, 4) is 0 Å². The van der Waals surface area contributed by atoms with Crippen LogP contribution >= 0.6 is 0 Å². The maximum Gasteiger partial charge on any atom is 0.155 e. The van der Waals surface area contributed by atoms with Crippen LogP contribution in [0.15, 0.2) is 11.6 Å². The quantitative estimate of drug-likeness (QED) is 0.734. The molecule has 0 aliphatic heterocycles. The minimum Gasteiger partial charge on any atom is -0.390 e. The molecule has 1 N–H and O–H groups in total. The van der Waals surface area contributed by atoms with Crippen molar-refractivity contribution in [1.29, 1.82) is 0 Å². The van der Waals surface area contributed by atoms with Gasteiger partial charge in [-0.2, -0.15) is 0 Å². The molecule has 6 atom stereocenters. The third kappa shape index (κ3) is 1.84. The molecule has 0 radical (unpaired) electrons. The van der Waals surface area contributed by atoms with E-state index < -0.39 is 5.60 Å². The minimum atomic E-state index is -0.471. The molecule has 0 aromatic heterocycles. The van der Waals surface area contributed by atoms with Crippen LogP contribution in [0.2, 0.25) is 0 Å². The summed E-state index contributed by atoms with van der Waals surface area (Å²) in [5, 5.41) is 10.9. The standard InChI is InChI=1S/C19H28O2/c1-18-9-7-15-14-6-4-13(20)11-12(14)3-5-16(15)17(18)8-10-19(18,2)21/h11,14-17,21H,3-10H2,1-2H3/t14-,15+,16+,17-,18-,19-/m0/s1. The fourth-order valence-electron chi connectivity index (χ4n) is 6.42. The molecule has 21 heavy (non-hydrogen) atoms. The molecule has 0 aromatic carbocycles. The fourth-order valence-corrected chi connectivity index (χ4v) is 6.42. The highest BCUT2D eigenvalue weighted by Crippen LogP contribution is 2.64. The number of hydrogen-bond donors (Lipinski definition) is 1. The van der Waals surface area contributed by atoms with E-state index in [2.05, 4.69) is 13.8 Å². The van der Waals surface area contributed by atoms with Crippen LogP contribution in [0.5, 0.6) is 0 Å². The van der Waals surface area contributed by atoms with Crippen LogP contribution in [0.1, 0.15) is 65.2 Å². The van der Waals surface area contributed by atoms with Crippen molar-refractivity contribution < 1.29 is 9.90 Å². The predicted molar refractivity (Wildman–Crippen MR) is 82.7 cm³/mol. The number of fused-ring (bicyclic) bond motifs is 5. The lowest BCUT2D eigenvalue weighted by molar-refractivity contribution is -0.117. The van der Waals surface area contributed by atoms with E-state index in [0.717, 1.165) is 37.5 Å². The number of hydrogen-bond acceptors (Lipinski definition) is 2. The van der Waals surface area contributed by atoms with E-state index in [1.54, 1.807) is 0 Å². The summed E-state index contributed by atoms with van der Waals surface area (Å²) in [5.41, 5.74) is 1.11. The van der Waals surface area contributed by atoms with Gasteiger partial charge >= 0.3 is 0 Å². The van der Waals surface area contributed by atoms with Crippen LogP contribution in [-0.2, 0) is 4.79 Å². The first-order valence-corrected chi connectivity index (χ1v) is 8.88. The summed E-state index contributed by atoms with van der Waals surface area (Å²) >= 11 is 0. The maximum absolute atomic E-state index is 11.7. The topological polar surface area (TPSA) is 37.3 Å². The van der Waals surface area contributed by atoms with Crippen LogP contribution in [0.25, 0.3) is 0 Å². The number of carbonyl (C=O) groups is 1. The van der Waals surface area contributed by atoms with Gasteiger partial charge < -0.3 is 5.11 Å². The predicted octanol–water partition coefficient (Wildman–Crippen LogP) is 3.88. The summed E-state index contributed by atoms with van der Waals surface area (Å²) in [6, 6.07) is 0. The summed E-state index contributed by atoms with van der Waals surface area (Å²) < 4.78 is 0. The van der Waals surface area contributed by atoms with Crippen molar-refractivity contribution >= 4 is 5.78 Å². The Bertz CT molecular complexity index is 504. The Balaban J connectivity index is 1.64. The van der Waals surface area contributed by atoms with Gasteiger partial charge in [0.2, 0.25) is 0 Å². The van der Waals surface area contributed by atoms with Crippen molar-refractivity contribution in [1.82, 2.24) is 0 Å². The minimum absolute atomic E-state index is 0.125. The van der Waals surface area contributed by atoms with E-state index in [0.29, 0.717) is 17.6 Å². The molecule has 4 aliphatic carbocycles. The number of aliphatic hydroxyl groups is 1. The molecule has 0 amide bonds. The van der Waals surface area contributed by atoms with Gasteiger partial charge in [-0.25, -0.2) is 0 Å². The molecular weight excluding hydrogens is 260 g/mol. The molecule has 0 aromatic rings. The zero-order chi connectivity index (χ0) is 14.8. The van der Waals surface area contributed by atoms with Gasteiger partial charge in [-0.15, -0.1) is 0 Å². The van der Waals surface area contributed by atoms with Crippen LogP contribution in [0, 0.1) is 29.1 Å². The van der Waals surface area contributed by atoms with E-state index in [1.807, 2.05) is 6.08 Å². The average Bonchev–Trinajstić information content (AvgIpc) is 2.69. The Morgan fingerprint density at radius 1 is 1.05 bits per heavy atom. The Kier molecular flexibility index (Phi) is 2.96. The van der Waals surface area contributed by atoms with Crippen molar-refractivity contribution in [2.24, 2.45) is 29.1 Å². The molecule has 3 saturated carbocycles. The van der Waals surface area contributed by atoms with Crippen LogP contribution < -0.4 is 0 Å². The van der Waals surface area contributed by atoms with Crippen molar-refractivity contribution in [3.63, 3.8) is 0 Å². The number of allylic oxidation sites excluding steroid dienone is 1. The molecule has 0 saturated heterocycles. The lowest BCUT2D eigenvalue weighted by atomic mass is 9.51. The van der Waals surface area contributed by atoms with Gasteiger partial charge in [0.15, 0.2) is 5.78 Å². The van der Waals surface area contributed by atoms with Gasteiger partial charge in [0.05, 0.1) is 5.60 Å². The monoisotopic (exact) mass is 288 g/mol. The lowest BCUT2D eigenvalue weighted by Crippen LogP contribution is -2.51. The van der Waals surface area contributed by atoms with Gasteiger partial charge in [-0.3, -0.25) is 4.79 Å². The second-order valence-electron chi connectivity index (χ2n) is 8.57. The Labute approximate surface area is 128 Å².